The van der Waals surface area contributed by atoms with Gasteiger partial charge in [0, 0.05) is 44.3 Å². The van der Waals surface area contributed by atoms with Crippen molar-refractivity contribution in [2.75, 3.05) is 9.80 Å². The predicted octanol–water partition coefficient (Wildman–Crippen LogP) is 17.6. The topological polar surface area (TPSA) is 6.48 Å². The number of fused-ring (bicyclic) bond motifs is 2. The van der Waals surface area contributed by atoms with Gasteiger partial charge in [0.25, 0.3) is 0 Å². The third-order valence-corrected chi connectivity index (χ3v) is 13.7. The molecule has 7 aromatic carbocycles. The van der Waals surface area contributed by atoms with E-state index in [1.54, 1.807) is 0 Å². The van der Waals surface area contributed by atoms with E-state index in [1.807, 2.05) is 0 Å². The van der Waals surface area contributed by atoms with Crippen molar-refractivity contribution < 1.29 is 0 Å². The highest BCUT2D eigenvalue weighted by Gasteiger charge is 2.29. The molecule has 9 rings (SSSR count). The fourth-order valence-electron chi connectivity index (χ4n) is 10.2. The lowest BCUT2D eigenvalue weighted by Crippen LogP contribution is -2.17. The van der Waals surface area contributed by atoms with Gasteiger partial charge in [0.05, 0.1) is 11.4 Å². The van der Waals surface area contributed by atoms with Crippen LogP contribution in [-0.2, 0) is 10.8 Å². The van der Waals surface area contributed by atoms with Crippen LogP contribution < -0.4 is 9.80 Å². The molecule has 0 spiro atoms. The Morgan fingerprint density at radius 2 is 0.683 bits per heavy atom. The Morgan fingerprint density at radius 1 is 0.350 bits per heavy atom. The minimum atomic E-state index is -0.0377. The Morgan fingerprint density at radius 3 is 1.02 bits per heavy atom. The Hall–Kier alpha value is -5.34. The summed E-state index contributed by atoms with van der Waals surface area (Å²) in [6.45, 7) is 14.1. The maximum atomic E-state index is 2.55. The Bertz CT molecular complexity index is 2360. The molecule has 7 aromatic rings. The first-order valence-electron chi connectivity index (χ1n) is 23.0. The molecule has 2 aliphatic carbocycles. The standard InChI is InChI=1S/C58H64N2/c1-57(2,3)45-31-37-51-53(39-45)55(59(47-23-15-9-16-24-47)49-33-27-43(28-34-49)41-19-11-7-12-20-41)52-38-32-46(58(4,5)6)40-54(52)56(51)60(48-25-17-10-18-26-48)50-35-29-44(30-36-50)42-21-13-8-14-22-42/h9-10,15-18,23-42H,7-8,11-14,19-22H2,1-6H3. The zero-order chi connectivity index (χ0) is 41.4. The van der Waals surface area contributed by atoms with E-state index in [0.717, 1.165) is 11.4 Å². The van der Waals surface area contributed by atoms with Crippen molar-refractivity contribution in [2.24, 2.45) is 0 Å². The minimum Gasteiger partial charge on any atom is -0.309 e. The second-order valence-electron chi connectivity index (χ2n) is 19.9. The van der Waals surface area contributed by atoms with Gasteiger partial charge in [-0.3, -0.25) is 0 Å². The second-order valence-corrected chi connectivity index (χ2v) is 19.9. The average molecular weight is 789 g/mol. The lowest BCUT2D eigenvalue weighted by Gasteiger charge is -2.34. The van der Waals surface area contributed by atoms with Crippen LogP contribution in [0, 0.1) is 0 Å². The van der Waals surface area contributed by atoms with Crippen LogP contribution in [0.3, 0.4) is 0 Å². The Kier molecular flexibility index (Phi) is 11.1. The molecule has 0 aliphatic heterocycles. The normalized spacial score (nSPS) is 15.7. The van der Waals surface area contributed by atoms with Crippen molar-refractivity contribution in [3.8, 4) is 0 Å². The molecular formula is C58H64N2. The number of rotatable bonds is 8. The van der Waals surface area contributed by atoms with Crippen LogP contribution in [0.1, 0.15) is 140 Å². The summed E-state index contributed by atoms with van der Waals surface area (Å²) in [5, 5.41) is 5.01. The molecule has 0 aromatic heterocycles. The summed E-state index contributed by atoms with van der Waals surface area (Å²) >= 11 is 0. The summed E-state index contributed by atoms with van der Waals surface area (Å²) in [4.78, 5) is 5.10. The van der Waals surface area contributed by atoms with Gasteiger partial charge >= 0.3 is 0 Å². The molecule has 306 valence electrons. The minimum absolute atomic E-state index is 0.0377. The summed E-state index contributed by atoms with van der Waals surface area (Å²) in [6, 6.07) is 56.0. The largest absolute Gasteiger partial charge is 0.309 e. The Balaban J connectivity index is 1.36. The van der Waals surface area contributed by atoms with Crippen molar-refractivity contribution in [1.29, 1.82) is 0 Å². The van der Waals surface area contributed by atoms with Crippen molar-refractivity contribution in [3.63, 3.8) is 0 Å². The highest BCUT2D eigenvalue weighted by atomic mass is 15.2. The molecule has 2 saturated carbocycles. The van der Waals surface area contributed by atoms with E-state index in [0.29, 0.717) is 11.8 Å². The highest BCUT2D eigenvalue weighted by molar-refractivity contribution is 6.23. The molecule has 0 N–H and O–H groups in total. The van der Waals surface area contributed by atoms with Crippen molar-refractivity contribution in [3.05, 3.63) is 168 Å². The van der Waals surface area contributed by atoms with Crippen LogP contribution in [0.15, 0.2) is 146 Å². The molecule has 0 unspecified atom stereocenters. The molecule has 0 radical (unpaired) electrons. The third-order valence-electron chi connectivity index (χ3n) is 13.7. The van der Waals surface area contributed by atoms with Crippen LogP contribution in [-0.4, -0.2) is 0 Å². The molecule has 0 saturated heterocycles. The van der Waals surface area contributed by atoms with Gasteiger partial charge in [0.2, 0.25) is 0 Å². The van der Waals surface area contributed by atoms with Crippen LogP contribution in [0.25, 0.3) is 21.5 Å². The fourth-order valence-corrected chi connectivity index (χ4v) is 10.2. The van der Waals surface area contributed by atoms with Gasteiger partial charge in [-0.25, -0.2) is 0 Å². The average Bonchev–Trinajstić information content (AvgIpc) is 3.28. The highest BCUT2D eigenvalue weighted by Crippen LogP contribution is 2.53. The van der Waals surface area contributed by atoms with Gasteiger partial charge in [-0.05, 0) is 131 Å². The number of anilines is 6. The number of hydrogen-bond acceptors (Lipinski definition) is 2. The molecule has 2 aliphatic rings. The van der Waals surface area contributed by atoms with E-state index in [-0.39, 0.29) is 10.8 Å². The molecule has 60 heavy (non-hydrogen) atoms. The van der Waals surface area contributed by atoms with Crippen LogP contribution in [0.5, 0.6) is 0 Å². The first-order valence-corrected chi connectivity index (χ1v) is 23.0. The number of benzene rings is 7. The molecule has 2 fully saturated rings. The molecule has 0 amide bonds. The summed E-state index contributed by atoms with van der Waals surface area (Å²) in [5.74, 6) is 1.31. The van der Waals surface area contributed by atoms with Crippen LogP contribution in [0.4, 0.5) is 34.1 Å². The predicted molar refractivity (Wildman–Crippen MR) is 260 cm³/mol. The maximum Gasteiger partial charge on any atom is 0.0620 e. The quantitative estimate of drug-likeness (QED) is 0.112. The smallest absolute Gasteiger partial charge is 0.0620 e. The summed E-state index contributed by atoms with van der Waals surface area (Å²) in [7, 11) is 0. The molecular weight excluding hydrogens is 725 g/mol. The molecule has 0 bridgehead atoms. The van der Waals surface area contributed by atoms with E-state index in [9.17, 15) is 0 Å². The molecule has 2 nitrogen and oxygen atoms in total. The monoisotopic (exact) mass is 789 g/mol. The van der Waals surface area contributed by atoms with Crippen molar-refractivity contribution >= 4 is 55.7 Å². The summed E-state index contributed by atoms with van der Waals surface area (Å²) < 4.78 is 0. The van der Waals surface area contributed by atoms with E-state index in [4.69, 9.17) is 0 Å². The van der Waals surface area contributed by atoms with Gasteiger partial charge in [-0.1, -0.05) is 165 Å². The van der Waals surface area contributed by atoms with E-state index >= 15 is 0 Å². The van der Waals surface area contributed by atoms with Gasteiger partial charge in [-0.2, -0.15) is 0 Å². The number of nitrogens with zero attached hydrogens (tertiary/aromatic N) is 2. The first kappa shape index (κ1) is 40.1. The van der Waals surface area contributed by atoms with E-state index in [2.05, 4.69) is 197 Å². The maximum absolute atomic E-state index is 2.55. The van der Waals surface area contributed by atoms with Crippen molar-refractivity contribution in [2.45, 2.75) is 128 Å². The van der Waals surface area contributed by atoms with Crippen LogP contribution >= 0.6 is 0 Å². The Labute approximate surface area is 360 Å². The lowest BCUT2D eigenvalue weighted by molar-refractivity contribution is 0.443. The molecule has 2 heteroatoms. The van der Waals surface area contributed by atoms with Gasteiger partial charge < -0.3 is 9.80 Å². The number of para-hydroxylation sites is 2. The lowest BCUT2D eigenvalue weighted by atomic mass is 9.82. The molecule has 0 heterocycles. The van der Waals surface area contributed by atoms with Gasteiger partial charge in [0.15, 0.2) is 0 Å². The van der Waals surface area contributed by atoms with Crippen molar-refractivity contribution in [1.82, 2.24) is 0 Å². The first-order chi connectivity index (χ1) is 29.0. The van der Waals surface area contributed by atoms with Gasteiger partial charge in [-0.15, -0.1) is 0 Å². The zero-order valence-electron chi connectivity index (χ0n) is 37.0. The summed E-state index contributed by atoms with van der Waals surface area (Å²) in [6.07, 6.45) is 13.3. The van der Waals surface area contributed by atoms with Gasteiger partial charge in [0.1, 0.15) is 0 Å². The zero-order valence-corrected chi connectivity index (χ0v) is 37.0. The summed E-state index contributed by atoms with van der Waals surface area (Å²) in [5.41, 5.74) is 12.7. The number of hydrogen-bond donors (Lipinski definition) is 0. The molecule has 0 atom stereocenters. The SMILES string of the molecule is CC(C)(C)c1ccc2c(N(c3ccccc3)c3ccc(C4CCCCC4)cc3)c3cc(C(C)(C)C)ccc3c(N(c3ccccc3)c3ccc(C4CCCCC4)cc3)c2c1. The second kappa shape index (κ2) is 16.6. The third kappa shape index (κ3) is 7.99. The fraction of sp³-hybridized carbons (Fsp3) is 0.345. The van der Waals surface area contributed by atoms with E-state index in [1.165, 1.54) is 131 Å². The van der Waals surface area contributed by atoms with E-state index < -0.39 is 0 Å². The van der Waals surface area contributed by atoms with Crippen LogP contribution in [0.2, 0.25) is 0 Å².